The molecule has 14 heavy (non-hydrogen) atoms. The summed E-state index contributed by atoms with van der Waals surface area (Å²) in [6.45, 7) is 17.2. The zero-order valence-electron chi connectivity index (χ0n) is 8.74. The van der Waals surface area contributed by atoms with E-state index in [1.54, 1.807) is 0 Å². The van der Waals surface area contributed by atoms with Gasteiger partial charge in [0.05, 0.1) is 0 Å². The quantitative estimate of drug-likeness (QED) is 0.577. The van der Waals surface area contributed by atoms with Crippen LogP contribution in [0.2, 0.25) is 0 Å². The number of hydrogen-bond acceptors (Lipinski definition) is 0. The van der Waals surface area contributed by atoms with Crippen molar-refractivity contribution in [3.63, 3.8) is 0 Å². The highest BCUT2D eigenvalue weighted by molar-refractivity contribution is 5.47. The molecule has 0 aliphatic carbocycles. The summed E-state index contributed by atoms with van der Waals surface area (Å²) in [6.07, 6.45) is 2.08. The van der Waals surface area contributed by atoms with E-state index in [1.165, 1.54) is 6.08 Å². The second-order valence-electron chi connectivity index (χ2n) is 2.07. The summed E-state index contributed by atoms with van der Waals surface area (Å²) in [6, 6.07) is 0. The van der Waals surface area contributed by atoms with Gasteiger partial charge in [-0.05, 0) is 11.6 Å². The molecular weight excluding hydrogens is 182 g/mol. The summed E-state index contributed by atoms with van der Waals surface area (Å²) >= 11 is 0. The molecule has 0 unspecified atom stereocenters. The Hall–Kier alpha value is -1.44. The summed E-state index contributed by atoms with van der Waals surface area (Å²) in [5, 5.41) is 0. The van der Waals surface area contributed by atoms with Crippen LogP contribution in [0.1, 0.15) is 13.8 Å². The van der Waals surface area contributed by atoms with Gasteiger partial charge in [0.25, 0.3) is 0 Å². The number of halogens is 2. The molecule has 0 aliphatic heterocycles. The largest absolute Gasteiger partial charge is 0.204 e. The van der Waals surface area contributed by atoms with Crippen molar-refractivity contribution in [1.82, 2.24) is 0 Å². The van der Waals surface area contributed by atoms with E-state index in [0.29, 0.717) is 0 Å². The van der Waals surface area contributed by atoms with Crippen LogP contribution in [0.15, 0.2) is 61.3 Å². The number of hydrogen-bond donors (Lipinski definition) is 0. The van der Waals surface area contributed by atoms with E-state index < -0.39 is 11.7 Å². The summed E-state index contributed by atoms with van der Waals surface area (Å²) in [7, 11) is 0. The minimum atomic E-state index is -1.05. The highest BCUT2D eigenvalue weighted by Gasteiger charge is 2.07. The molecule has 0 atom stereocenters. The van der Waals surface area contributed by atoms with Crippen molar-refractivity contribution in [3.8, 4) is 0 Å². The van der Waals surface area contributed by atoms with E-state index in [1.807, 2.05) is 13.8 Å². The lowest BCUT2D eigenvalue weighted by Gasteiger charge is -2.01. The van der Waals surface area contributed by atoms with E-state index in [0.717, 1.165) is 6.08 Å². The van der Waals surface area contributed by atoms with Gasteiger partial charge in [-0.2, -0.15) is 0 Å². The van der Waals surface area contributed by atoms with E-state index in [-0.39, 0.29) is 11.1 Å². The summed E-state index contributed by atoms with van der Waals surface area (Å²) < 4.78 is 25.4. The van der Waals surface area contributed by atoms with Crippen molar-refractivity contribution in [2.75, 3.05) is 0 Å². The topological polar surface area (TPSA) is 0 Å². The first kappa shape index (κ1) is 15.1. The van der Waals surface area contributed by atoms with Gasteiger partial charge in [-0.3, -0.25) is 0 Å². The molecule has 2 heteroatoms. The van der Waals surface area contributed by atoms with Gasteiger partial charge < -0.3 is 0 Å². The molecule has 0 aromatic carbocycles. The first-order chi connectivity index (χ1) is 6.54. The molecule has 0 spiro atoms. The first-order valence-electron chi connectivity index (χ1n) is 4.23. The summed E-state index contributed by atoms with van der Waals surface area (Å²) in [5.74, 6) is -2.09. The second kappa shape index (κ2) is 8.17. The molecule has 0 saturated carbocycles. The molecule has 0 aromatic heterocycles. The van der Waals surface area contributed by atoms with Crippen molar-refractivity contribution < 1.29 is 8.78 Å². The maximum Gasteiger partial charge on any atom is 0.165 e. The van der Waals surface area contributed by atoms with Crippen molar-refractivity contribution in [2.45, 2.75) is 13.8 Å². The predicted molar refractivity (Wildman–Crippen MR) is 59.3 cm³/mol. The van der Waals surface area contributed by atoms with Gasteiger partial charge in [-0.1, -0.05) is 46.2 Å². The first-order valence-corrected chi connectivity index (χ1v) is 4.23. The van der Waals surface area contributed by atoms with Crippen molar-refractivity contribution >= 4 is 0 Å². The Labute approximate surface area is 84.6 Å². The Balaban J connectivity index is 0. The molecule has 0 amide bonds. The third kappa shape index (κ3) is 4.55. The minimum Gasteiger partial charge on any atom is -0.204 e. The minimum absolute atomic E-state index is 0.109. The highest BCUT2D eigenvalue weighted by Crippen LogP contribution is 2.22. The fourth-order valence-corrected chi connectivity index (χ4v) is 0.498. The van der Waals surface area contributed by atoms with E-state index in [4.69, 9.17) is 0 Å². The van der Waals surface area contributed by atoms with Crippen LogP contribution < -0.4 is 0 Å². The van der Waals surface area contributed by atoms with Crippen molar-refractivity contribution in [1.29, 1.82) is 0 Å². The fourth-order valence-electron chi connectivity index (χ4n) is 0.498. The maximum atomic E-state index is 12.9. The van der Waals surface area contributed by atoms with Crippen LogP contribution in [0.25, 0.3) is 0 Å². The third-order valence-electron chi connectivity index (χ3n) is 1.29. The molecule has 78 valence electrons. The molecule has 0 nitrogen and oxygen atoms in total. The van der Waals surface area contributed by atoms with Crippen molar-refractivity contribution in [3.05, 3.63) is 61.3 Å². The lowest BCUT2D eigenvalue weighted by atomic mass is 10.1. The average Bonchev–Trinajstić information content (AvgIpc) is 2.27. The Morgan fingerprint density at radius 2 is 1.43 bits per heavy atom. The van der Waals surface area contributed by atoms with E-state index in [2.05, 4.69) is 26.3 Å². The molecule has 0 aromatic rings. The third-order valence-corrected chi connectivity index (χ3v) is 1.29. The molecule has 0 rings (SSSR count). The van der Waals surface area contributed by atoms with E-state index in [9.17, 15) is 8.78 Å². The Kier molecular flexibility index (Phi) is 8.79. The summed E-state index contributed by atoms with van der Waals surface area (Å²) in [5.41, 5.74) is 0.145. The Morgan fingerprint density at radius 1 is 1.00 bits per heavy atom. The molecule has 0 fully saturated rings. The summed E-state index contributed by atoms with van der Waals surface area (Å²) in [4.78, 5) is 0. The van der Waals surface area contributed by atoms with Gasteiger partial charge in [0, 0.05) is 5.57 Å². The fraction of sp³-hybridized carbons (Fsp3) is 0.167. The molecule has 0 bridgehead atoms. The van der Waals surface area contributed by atoms with Gasteiger partial charge in [-0.25, -0.2) is 8.78 Å². The highest BCUT2D eigenvalue weighted by atomic mass is 19.2. The second-order valence-corrected chi connectivity index (χ2v) is 2.07. The van der Waals surface area contributed by atoms with Gasteiger partial charge in [-0.15, -0.1) is 0 Å². The smallest absolute Gasteiger partial charge is 0.165 e. The van der Waals surface area contributed by atoms with Crippen LogP contribution in [0.5, 0.6) is 0 Å². The normalized spacial score (nSPS) is 10.3. The lowest BCUT2D eigenvalue weighted by molar-refractivity contribution is 0.567. The zero-order chi connectivity index (χ0) is 11.7. The molecule has 0 saturated heterocycles. The molecular formula is C12H16F2. The van der Waals surface area contributed by atoms with E-state index >= 15 is 0 Å². The molecule has 0 aliphatic rings. The van der Waals surface area contributed by atoms with Crippen LogP contribution in [0.3, 0.4) is 0 Å². The number of rotatable bonds is 4. The number of allylic oxidation sites excluding steroid dienone is 6. The van der Waals surface area contributed by atoms with Crippen LogP contribution >= 0.6 is 0 Å². The maximum absolute atomic E-state index is 12.9. The SMILES string of the molecule is C=CC(=C)C(=C)/C(F)=C(/F)C=C.CC. The van der Waals surface area contributed by atoms with Crippen molar-refractivity contribution in [2.24, 2.45) is 0 Å². The standard InChI is InChI=1S/C10H10F2.C2H6/c1-5-7(3)8(4)10(12)9(11)6-2;1-2/h5-6H,1-4H2;1-2H3/b10-9-;. The molecule has 0 radical (unpaired) electrons. The zero-order valence-corrected chi connectivity index (χ0v) is 8.74. The average molecular weight is 198 g/mol. The lowest BCUT2D eigenvalue weighted by Crippen LogP contribution is -1.86. The van der Waals surface area contributed by atoms with Crippen LogP contribution in [0.4, 0.5) is 8.78 Å². The van der Waals surface area contributed by atoms with Crippen LogP contribution in [0, 0.1) is 0 Å². The van der Waals surface area contributed by atoms with Gasteiger partial charge >= 0.3 is 0 Å². The molecule has 0 N–H and O–H groups in total. The predicted octanol–water partition coefficient (Wildman–Crippen LogP) is 4.65. The Bertz CT molecular complexity index is 270. The van der Waals surface area contributed by atoms with Crippen LogP contribution in [-0.4, -0.2) is 0 Å². The monoisotopic (exact) mass is 198 g/mol. The van der Waals surface area contributed by atoms with Crippen LogP contribution in [-0.2, 0) is 0 Å². The van der Waals surface area contributed by atoms with Gasteiger partial charge in [0.2, 0.25) is 0 Å². The van der Waals surface area contributed by atoms with Gasteiger partial charge in [0.15, 0.2) is 11.7 Å². The Morgan fingerprint density at radius 3 is 1.71 bits per heavy atom. The molecule has 0 heterocycles. The van der Waals surface area contributed by atoms with Gasteiger partial charge in [0.1, 0.15) is 0 Å².